The van der Waals surface area contributed by atoms with E-state index in [0.717, 1.165) is 0 Å². The molecule has 6 heteroatoms. The highest BCUT2D eigenvalue weighted by Crippen LogP contribution is 2.32. The molecule has 0 bridgehead atoms. The van der Waals surface area contributed by atoms with Crippen molar-refractivity contribution in [2.75, 3.05) is 12.4 Å². The SMILES string of the molecule is OCCS[C@H](Cl)C(F)(F)F. The molecule has 1 atom stereocenters. The fourth-order valence-electron chi connectivity index (χ4n) is 0.251. The second-order valence-electron chi connectivity index (χ2n) is 1.45. The van der Waals surface area contributed by atoms with Crippen molar-refractivity contribution in [3.05, 3.63) is 0 Å². The summed E-state index contributed by atoms with van der Waals surface area (Å²) < 4.78 is 32.7. The average molecular weight is 195 g/mol. The van der Waals surface area contributed by atoms with Crippen LogP contribution in [0.2, 0.25) is 0 Å². The molecular weight excluding hydrogens is 189 g/mol. The summed E-state index contributed by atoms with van der Waals surface area (Å²) in [7, 11) is 0. The van der Waals surface area contributed by atoms with Crippen LogP contribution >= 0.6 is 23.4 Å². The first kappa shape index (κ1) is 10.4. The van der Waals surface area contributed by atoms with Crippen LogP contribution in [0, 0.1) is 0 Å². The number of hydrogen-bond acceptors (Lipinski definition) is 2. The van der Waals surface area contributed by atoms with Crippen LogP contribution < -0.4 is 0 Å². The number of hydrogen-bond donors (Lipinski definition) is 1. The van der Waals surface area contributed by atoms with E-state index in [2.05, 4.69) is 0 Å². The summed E-state index contributed by atoms with van der Waals surface area (Å²) in [6, 6.07) is 0. The molecule has 1 N–H and O–H groups in total. The monoisotopic (exact) mass is 194 g/mol. The molecule has 0 rings (SSSR count). The fourth-order valence-corrected chi connectivity index (χ4v) is 1.02. The molecule has 62 valence electrons. The van der Waals surface area contributed by atoms with Crippen molar-refractivity contribution in [2.45, 2.75) is 10.9 Å². The molecule has 0 aromatic heterocycles. The van der Waals surface area contributed by atoms with Crippen molar-refractivity contribution < 1.29 is 18.3 Å². The van der Waals surface area contributed by atoms with E-state index in [4.69, 9.17) is 16.7 Å². The van der Waals surface area contributed by atoms with Crippen LogP contribution in [0.15, 0.2) is 0 Å². The zero-order valence-corrected chi connectivity index (χ0v) is 6.43. The summed E-state index contributed by atoms with van der Waals surface area (Å²) in [5, 5.41) is 8.13. The Morgan fingerprint density at radius 3 is 2.30 bits per heavy atom. The molecule has 0 amide bonds. The smallest absolute Gasteiger partial charge is 0.396 e. The van der Waals surface area contributed by atoms with Gasteiger partial charge < -0.3 is 5.11 Å². The van der Waals surface area contributed by atoms with Crippen molar-refractivity contribution in [3.63, 3.8) is 0 Å². The van der Waals surface area contributed by atoms with Crippen molar-refractivity contribution in [1.29, 1.82) is 0 Å². The van der Waals surface area contributed by atoms with Crippen molar-refractivity contribution in [3.8, 4) is 0 Å². The first-order valence-electron chi connectivity index (χ1n) is 2.41. The zero-order valence-electron chi connectivity index (χ0n) is 4.86. The lowest BCUT2D eigenvalue weighted by Crippen LogP contribution is -2.20. The Labute approximate surface area is 65.6 Å². The molecule has 0 aliphatic heterocycles. The van der Waals surface area contributed by atoms with E-state index < -0.39 is 10.9 Å². The van der Waals surface area contributed by atoms with Gasteiger partial charge in [-0.25, -0.2) is 0 Å². The fraction of sp³-hybridized carbons (Fsp3) is 1.00. The Morgan fingerprint density at radius 2 is 2.00 bits per heavy atom. The van der Waals surface area contributed by atoms with Gasteiger partial charge in [-0.2, -0.15) is 13.2 Å². The van der Waals surface area contributed by atoms with Gasteiger partial charge in [0, 0.05) is 5.75 Å². The van der Waals surface area contributed by atoms with Crippen LogP contribution in [0.1, 0.15) is 0 Å². The highest BCUT2D eigenvalue weighted by atomic mass is 35.5. The highest BCUT2D eigenvalue weighted by Gasteiger charge is 2.38. The Balaban J connectivity index is 3.52. The van der Waals surface area contributed by atoms with Gasteiger partial charge in [0.2, 0.25) is 0 Å². The van der Waals surface area contributed by atoms with E-state index >= 15 is 0 Å². The number of aliphatic hydroxyl groups excluding tert-OH is 1. The lowest BCUT2D eigenvalue weighted by Gasteiger charge is -2.11. The summed E-state index contributed by atoms with van der Waals surface area (Å²) in [5.74, 6) is 0.00762. The Bertz CT molecular complexity index is 97.0. The van der Waals surface area contributed by atoms with Crippen LogP contribution in [0.4, 0.5) is 13.2 Å². The third kappa shape index (κ3) is 4.24. The van der Waals surface area contributed by atoms with Gasteiger partial charge in [-0.15, -0.1) is 23.4 Å². The number of rotatable bonds is 3. The van der Waals surface area contributed by atoms with Gasteiger partial charge in [0.1, 0.15) is 0 Å². The van der Waals surface area contributed by atoms with Gasteiger partial charge in [-0.05, 0) is 0 Å². The quantitative estimate of drug-likeness (QED) is 0.692. The Kier molecular flexibility index (Phi) is 4.47. The summed E-state index contributed by atoms with van der Waals surface area (Å²) >= 11 is 5.34. The molecule has 10 heavy (non-hydrogen) atoms. The van der Waals surface area contributed by atoms with E-state index in [1.54, 1.807) is 0 Å². The Hall–Kier alpha value is 0.390. The topological polar surface area (TPSA) is 20.2 Å². The molecule has 0 aliphatic carbocycles. The summed E-state index contributed by atoms with van der Waals surface area (Å²) in [6.07, 6.45) is -4.37. The third-order valence-electron chi connectivity index (χ3n) is 0.613. The number of aliphatic hydroxyl groups is 1. The van der Waals surface area contributed by atoms with Gasteiger partial charge in [0.25, 0.3) is 0 Å². The summed E-state index contributed by atoms with van der Waals surface area (Å²) in [6.45, 7) is -0.288. The molecule has 1 nitrogen and oxygen atoms in total. The minimum absolute atomic E-state index is 0.00762. The van der Waals surface area contributed by atoms with Crippen molar-refractivity contribution in [1.82, 2.24) is 0 Å². The van der Waals surface area contributed by atoms with Crippen LogP contribution in [-0.4, -0.2) is 28.4 Å². The molecule has 0 aromatic carbocycles. The number of alkyl halides is 4. The molecule has 0 heterocycles. The molecule has 0 spiro atoms. The predicted octanol–water partition coefficient (Wildman–Crippen LogP) is 1.84. The lowest BCUT2D eigenvalue weighted by molar-refractivity contribution is -0.113. The molecule has 0 aliphatic rings. The van der Waals surface area contributed by atoms with E-state index in [1.165, 1.54) is 0 Å². The Morgan fingerprint density at radius 1 is 1.50 bits per heavy atom. The van der Waals surface area contributed by atoms with Gasteiger partial charge in [-0.1, -0.05) is 0 Å². The minimum Gasteiger partial charge on any atom is -0.396 e. The van der Waals surface area contributed by atoms with E-state index in [-0.39, 0.29) is 12.4 Å². The summed E-state index contributed by atoms with van der Waals surface area (Å²) in [4.78, 5) is 0. The normalized spacial score (nSPS) is 15.3. The van der Waals surface area contributed by atoms with Crippen molar-refractivity contribution >= 4 is 23.4 Å². The predicted molar refractivity (Wildman–Crippen MR) is 35.2 cm³/mol. The first-order chi connectivity index (χ1) is 4.48. The van der Waals surface area contributed by atoms with Gasteiger partial charge >= 0.3 is 6.18 Å². The maximum atomic E-state index is 11.5. The molecule has 0 unspecified atom stereocenters. The van der Waals surface area contributed by atoms with Crippen LogP contribution in [0.25, 0.3) is 0 Å². The largest absolute Gasteiger partial charge is 0.413 e. The summed E-state index contributed by atoms with van der Waals surface area (Å²) in [5.41, 5.74) is 0. The maximum Gasteiger partial charge on any atom is 0.413 e. The van der Waals surface area contributed by atoms with Gasteiger partial charge in [-0.3, -0.25) is 0 Å². The van der Waals surface area contributed by atoms with Crippen LogP contribution in [0.3, 0.4) is 0 Å². The van der Waals surface area contributed by atoms with E-state index in [9.17, 15) is 13.2 Å². The minimum atomic E-state index is -4.37. The van der Waals surface area contributed by atoms with E-state index in [0.29, 0.717) is 11.8 Å². The van der Waals surface area contributed by atoms with Gasteiger partial charge in [0.05, 0.1) is 6.61 Å². The highest BCUT2D eigenvalue weighted by molar-refractivity contribution is 8.01. The van der Waals surface area contributed by atoms with E-state index in [1.807, 2.05) is 0 Å². The maximum absolute atomic E-state index is 11.5. The molecule has 0 saturated heterocycles. The van der Waals surface area contributed by atoms with Crippen molar-refractivity contribution in [2.24, 2.45) is 0 Å². The second kappa shape index (κ2) is 4.31. The average Bonchev–Trinajstić information content (AvgIpc) is 1.80. The number of halogens is 4. The molecule has 0 saturated carbocycles. The zero-order chi connectivity index (χ0) is 8.20. The first-order valence-corrected chi connectivity index (χ1v) is 3.90. The molecule has 0 aromatic rings. The third-order valence-corrected chi connectivity index (χ3v) is 2.22. The van der Waals surface area contributed by atoms with Crippen LogP contribution in [0.5, 0.6) is 0 Å². The molecule has 0 radical (unpaired) electrons. The lowest BCUT2D eigenvalue weighted by atomic mass is 10.8. The van der Waals surface area contributed by atoms with Gasteiger partial charge in [0.15, 0.2) is 4.71 Å². The second-order valence-corrected chi connectivity index (χ2v) is 3.36. The van der Waals surface area contributed by atoms with Crippen LogP contribution in [-0.2, 0) is 0 Å². The molecular formula is C4H6ClF3OS. The number of thioether (sulfide) groups is 1. The standard InChI is InChI=1S/C4H6ClF3OS/c5-3(4(6,7)8)10-2-1-9/h3,9H,1-2H2/t3-/m0/s1. The molecule has 0 fully saturated rings.